The lowest BCUT2D eigenvalue weighted by Crippen LogP contribution is -2.16. The summed E-state index contributed by atoms with van der Waals surface area (Å²) < 4.78 is 6.07. The summed E-state index contributed by atoms with van der Waals surface area (Å²) in [5.41, 5.74) is 3.33. The van der Waals surface area contributed by atoms with Crippen LogP contribution in [0.4, 0.5) is 0 Å². The molecule has 22 heavy (non-hydrogen) atoms. The Morgan fingerprint density at radius 1 is 1.27 bits per heavy atom. The van der Waals surface area contributed by atoms with Crippen molar-refractivity contribution in [2.24, 2.45) is 0 Å². The zero-order chi connectivity index (χ0) is 15.9. The highest BCUT2D eigenvalue weighted by Gasteiger charge is 2.17. The summed E-state index contributed by atoms with van der Waals surface area (Å²) in [5.74, 6) is 1.17. The van der Waals surface area contributed by atoms with E-state index in [0.29, 0.717) is 5.75 Å². The highest BCUT2D eigenvalue weighted by molar-refractivity contribution is 5.67. The fraction of sp³-hybridized carbons (Fsp3) is 0.500. The molecule has 1 aromatic rings. The van der Waals surface area contributed by atoms with Crippen LogP contribution in [0.3, 0.4) is 0 Å². The maximum atomic E-state index is 10.2. The lowest BCUT2D eigenvalue weighted by atomic mass is 10.0. The lowest BCUT2D eigenvalue weighted by molar-refractivity contribution is 0.235. The molecule has 0 amide bonds. The second-order valence-corrected chi connectivity index (χ2v) is 6.36. The molecule has 1 N–H and O–H groups in total. The van der Waals surface area contributed by atoms with Crippen LogP contribution in [0.15, 0.2) is 29.9 Å². The standard InChI is InChI=1S/C20H28O2/c1-4-5-6-9-16-13-19(21)18-12-11-17(22-20(18)14-16)10-7-8-15(2)3/h8,11-14,17,21H,4-7,9-10H2,1-3H3. The molecule has 0 radical (unpaired) electrons. The van der Waals surface area contributed by atoms with Gasteiger partial charge in [-0.1, -0.05) is 31.4 Å². The number of aryl methyl sites for hydroxylation is 1. The minimum atomic E-state index is 0.105. The maximum absolute atomic E-state index is 10.2. The van der Waals surface area contributed by atoms with E-state index >= 15 is 0 Å². The number of ether oxygens (including phenoxy) is 1. The first-order chi connectivity index (χ1) is 10.6. The van der Waals surface area contributed by atoms with Crippen molar-refractivity contribution in [1.29, 1.82) is 0 Å². The molecule has 0 saturated carbocycles. The van der Waals surface area contributed by atoms with E-state index in [2.05, 4.69) is 39.0 Å². The normalized spacial score (nSPS) is 16.0. The summed E-state index contributed by atoms with van der Waals surface area (Å²) in [6.07, 6.45) is 13.0. The molecule has 0 aliphatic carbocycles. The number of fused-ring (bicyclic) bond motifs is 1. The smallest absolute Gasteiger partial charge is 0.131 e. The molecular formula is C20H28O2. The largest absolute Gasteiger partial charge is 0.507 e. The van der Waals surface area contributed by atoms with Gasteiger partial charge >= 0.3 is 0 Å². The number of hydrogen-bond acceptors (Lipinski definition) is 2. The first kappa shape index (κ1) is 16.7. The number of aromatic hydroxyl groups is 1. The summed E-state index contributed by atoms with van der Waals surface area (Å²) in [6.45, 7) is 6.44. The van der Waals surface area contributed by atoms with E-state index in [4.69, 9.17) is 4.74 Å². The zero-order valence-corrected chi connectivity index (χ0v) is 14.1. The lowest BCUT2D eigenvalue weighted by Gasteiger charge is -2.22. The molecule has 0 spiro atoms. The van der Waals surface area contributed by atoms with Gasteiger partial charge in [0.05, 0.1) is 5.56 Å². The van der Waals surface area contributed by atoms with Crippen molar-refractivity contribution in [3.05, 3.63) is 41.0 Å². The van der Waals surface area contributed by atoms with E-state index in [1.807, 2.05) is 12.1 Å². The maximum Gasteiger partial charge on any atom is 0.131 e. The second kappa shape index (κ2) is 8.07. The molecule has 1 aromatic carbocycles. The SMILES string of the molecule is CCCCCc1cc(O)c2c(c1)OC(CCC=C(C)C)C=C2. The van der Waals surface area contributed by atoms with Crippen LogP contribution in [0.2, 0.25) is 0 Å². The Bertz CT molecular complexity index is 551. The molecule has 2 heteroatoms. The van der Waals surface area contributed by atoms with Crippen LogP contribution in [-0.4, -0.2) is 11.2 Å². The molecule has 1 atom stereocenters. The molecule has 0 bridgehead atoms. The molecule has 0 aromatic heterocycles. The van der Waals surface area contributed by atoms with E-state index in [-0.39, 0.29) is 6.10 Å². The van der Waals surface area contributed by atoms with Gasteiger partial charge in [-0.15, -0.1) is 0 Å². The molecule has 1 unspecified atom stereocenters. The highest BCUT2D eigenvalue weighted by atomic mass is 16.5. The van der Waals surface area contributed by atoms with Gasteiger partial charge in [0.2, 0.25) is 0 Å². The van der Waals surface area contributed by atoms with Crippen molar-refractivity contribution >= 4 is 6.08 Å². The summed E-state index contributed by atoms with van der Waals surface area (Å²) in [5, 5.41) is 10.2. The monoisotopic (exact) mass is 300 g/mol. The molecule has 1 aliphatic heterocycles. The number of hydrogen-bond donors (Lipinski definition) is 1. The van der Waals surface area contributed by atoms with E-state index in [1.165, 1.54) is 24.0 Å². The average molecular weight is 300 g/mol. The van der Waals surface area contributed by atoms with Crippen LogP contribution < -0.4 is 4.74 Å². The Balaban J connectivity index is 2.04. The molecule has 0 fully saturated rings. The predicted molar refractivity (Wildman–Crippen MR) is 93.5 cm³/mol. The van der Waals surface area contributed by atoms with Crippen molar-refractivity contribution < 1.29 is 9.84 Å². The topological polar surface area (TPSA) is 29.5 Å². The number of allylic oxidation sites excluding steroid dienone is 2. The van der Waals surface area contributed by atoms with Crippen molar-refractivity contribution in [1.82, 2.24) is 0 Å². The first-order valence-electron chi connectivity index (χ1n) is 8.44. The van der Waals surface area contributed by atoms with Crippen LogP contribution in [-0.2, 0) is 6.42 Å². The van der Waals surface area contributed by atoms with Gasteiger partial charge in [0.1, 0.15) is 17.6 Å². The molecular weight excluding hydrogens is 272 g/mol. The Hall–Kier alpha value is -1.70. The number of phenolic OH excluding ortho intramolecular Hbond substituents is 1. The van der Waals surface area contributed by atoms with Crippen LogP contribution in [0, 0.1) is 0 Å². The van der Waals surface area contributed by atoms with Gasteiger partial charge in [-0.3, -0.25) is 0 Å². The van der Waals surface area contributed by atoms with E-state index in [9.17, 15) is 5.11 Å². The molecule has 1 aliphatic rings. The quantitative estimate of drug-likeness (QED) is 0.521. The van der Waals surface area contributed by atoms with Gasteiger partial charge in [0.15, 0.2) is 0 Å². The molecule has 1 heterocycles. The minimum absolute atomic E-state index is 0.105. The van der Waals surface area contributed by atoms with Gasteiger partial charge in [-0.25, -0.2) is 0 Å². The zero-order valence-electron chi connectivity index (χ0n) is 14.1. The van der Waals surface area contributed by atoms with Gasteiger partial charge in [-0.05, 0) is 69.4 Å². The Kier molecular flexibility index (Phi) is 6.11. The Labute approximate surface area is 134 Å². The third-order valence-corrected chi connectivity index (χ3v) is 4.01. The van der Waals surface area contributed by atoms with Gasteiger partial charge < -0.3 is 9.84 Å². The first-order valence-corrected chi connectivity index (χ1v) is 8.44. The van der Waals surface area contributed by atoms with E-state index in [0.717, 1.165) is 37.0 Å². The Morgan fingerprint density at radius 3 is 2.82 bits per heavy atom. The van der Waals surface area contributed by atoms with Crippen molar-refractivity contribution in [3.8, 4) is 11.5 Å². The summed E-state index contributed by atoms with van der Waals surface area (Å²) >= 11 is 0. The fourth-order valence-electron chi connectivity index (χ4n) is 2.75. The summed E-state index contributed by atoms with van der Waals surface area (Å²) in [4.78, 5) is 0. The number of rotatable bonds is 7. The van der Waals surface area contributed by atoms with Crippen LogP contribution in [0.1, 0.15) is 64.0 Å². The van der Waals surface area contributed by atoms with Crippen LogP contribution >= 0.6 is 0 Å². The minimum Gasteiger partial charge on any atom is -0.507 e. The van der Waals surface area contributed by atoms with Crippen molar-refractivity contribution in [3.63, 3.8) is 0 Å². The summed E-state index contributed by atoms with van der Waals surface area (Å²) in [7, 11) is 0. The van der Waals surface area contributed by atoms with E-state index < -0.39 is 0 Å². The van der Waals surface area contributed by atoms with E-state index in [1.54, 1.807) is 0 Å². The van der Waals surface area contributed by atoms with Crippen LogP contribution in [0.25, 0.3) is 6.08 Å². The van der Waals surface area contributed by atoms with Crippen molar-refractivity contribution in [2.75, 3.05) is 0 Å². The predicted octanol–water partition coefficient (Wildman–Crippen LogP) is 5.65. The second-order valence-electron chi connectivity index (χ2n) is 6.36. The number of unbranched alkanes of at least 4 members (excludes halogenated alkanes) is 2. The third-order valence-electron chi connectivity index (χ3n) is 4.01. The van der Waals surface area contributed by atoms with Gasteiger partial charge in [-0.2, -0.15) is 0 Å². The fourth-order valence-corrected chi connectivity index (χ4v) is 2.75. The Morgan fingerprint density at radius 2 is 2.09 bits per heavy atom. The molecule has 0 saturated heterocycles. The molecule has 2 rings (SSSR count). The highest BCUT2D eigenvalue weighted by Crippen LogP contribution is 2.35. The number of benzene rings is 1. The molecule has 120 valence electrons. The van der Waals surface area contributed by atoms with Gasteiger partial charge in [0, 0.05) is 0 Å². The van der Waals surface area contributed by atoms with Crippen LogP contribution in [0.5, 0.6) is 11.5 Å². The van der Waals surface area contributed by atoms with Crippen molar-refractivity contribution in [2.45, 2.75) is 65.4 Å². The summed E-state index contributed by atoms with van der Waals surface area (Å²) in [6, 6.07) is 3.98. The average Bonchev–Trinajstić information content (AvgIpc) is 2.47. The third kappa shape index (κ3) is 4.66. The van der Waals surface area contributed by atoms with Gasteiger partial charge in [0.25, 0.3) is 0 Å². The number of phenols is 1. The molecule has 2 nitrogen and oxygen atoms in total.